The third-order valence-corrected chi connectivity index (χ3v) is 2.97. The van der Waals surface area contributed by atoms with Crippen LogP contribution in [0.4, 0.5) is 5.69 Å². The van der Waals surface area contributed by atoms with Crippen molar-refractivity contribution in [1.82, 2.24) is 0 Å². The molecular formula is C12H17NO2. The lowest BCUT2D eigenvalue weighted by molar-refractivity contribution is 0.145. The summed E-state index contributed by atoms with van der Waals surface area (Å²) in [5.74, 6) is 0. The number of aliphatic hydroxyl groups excluding tert-OH is 2. The van der Waals surface area contributed by atoms with E-state index in [0.717, 1.165) is 37.2 Å². The summed E-state index contributed by atoms with van der Waals surface area (Å²) in [6.45, 7) is 1.82. The molecule has 1 fully saturated rings. The zero-order valence-electron chi connectivity index (χ0n) is 8.76. The average molecular weight is 207 g/mol. The van der Waals surface area contributed by atoms with E-state index in [1.165, 1.54) is 0 Å². The van der Waals surface area contributed by atoms with Gasteiger partial charge < -0.3 is 15.1 Å². The Morgan fingerprint density at radius 3 is 2.53 bits per heavy atom. The Morgan fingerprint density at radius 1 is 1.20 bits per heavy atom. The summed E-state index contributed by atoms with van der Waals surface area (Å²) < 4.78 is 0. The second-order valence-corrected chi connectivity index (χ2v) is 4.01. The number of piperidine rings is 1. The second-order valence-electron chi connectivity index (χ2n) is 4.01. The van der Waals surface area contributed by atoms with Crippen LogP contribution >= 0.6 is 0 Å². The predicted molar refractivity (Wildman–Crippen MR) is 59.8 cm³/mol. The Labute approximate surface area is 90.0 Å². The van der Waals surface area contributed by atoms with Crippen molar-refractivity contribution in [2.45, 2.75) is 25.6 Å². The molecule has 3 nitrogen and oxygen atoms in total. The summed E-state index contributed by atoms with van der Waals surface area (Å²) in [5, 5.41) is 18.6. The van der Waals surface area contributed by atoms with E-state index in [0.29, 0.717) is 0 Å². The molecule has 1 heterocycles. The van der Waals surface area contributed by atoms with Crippen LogP contribution in [0.3, 0.4) is 0 Å². The average Bonchev–Trinajstić information content (AvgIpc) is 2.30. The number of aliphatic hydroxyl groups is 2. The summed E-state index contributed by atoms with van der Waals surface area (Å²) in [6.07, 6.45) is 1.49. The molecule has 0 aromatic heterocycles. The van der Waals surface area contributed by atoms with Gasteiger partial charge in [0.2, 0.25) is 0 Å². The van der Waals surface area contributed by atoms with Crippen molar-refractivity contribution in [2.75, 3.05) is 18.0 Å². The zero-order chi connectivity index (χ0) is 10.7. The highest BCUT2D eigenvalue weighted by molar-refractivity contribution is 5.53. The van der Waals surface area contributed by atoms with Gasteiger partial charge in [-0.3, -0.25) is 0 Å². The largest absolute Gasteiger partial charge is 0.393 e. The molecule has 2 rings (SSSR count). The van der Waals surface area contributed by atoms with Crippen LogP contribution in [-0.4, -0.2) is 29.4 Å². The highest BCUT2D eigenvalue weighted by Crippen LogP contribution is 2.23. The van der Waals surface area contributed by atoms with Crippen molar-refractivity contribution < 1.29 is 10.2 Å². The fourth-order valence-corrected chi connectivity index (χ4v) is 2.06. The lowest BCUT2D eigenvalue weighted by Gasteiger charge is -2.32. The molecule has 15 heavy (non-hydrogen) atoms. The number of hydrogen-bond acceptors (Lipinski definition) is 3. The first-order valence-corrected chi connectivity index (χ1v) is 5.43. The fraction of sp³-hybridized carbons (Fsp3) is 0.500. The Bertz CT molecular complexity index is 319. The number of benzene rings is 1. The zero-order valence-corrected chi connectivity index (χ0v) is 8.76. The number of nitrogens with zero attached hydrogens (tertiary/aromatic N) is 1. The monoisotopic (exact) mass is 207 g/mol. The molecule has 0 saturated carbocycles. The van der Waals surface area contributed by atoms with E-state index in [-0.39, 0.29) is 12.7 Å². The lowest BCUT2D eigenvalue weighted by atomic mass is 10.1. The van der Waals surface area contributed by atoms with Crippen LogP contribution in [0.25, 0.3) is 0 Å². The predicted octanol–water partition coefficient (Wildman–Crippen LogP) is 1.14. The molecule has 0 unspecified atom stereocenters. The molecule has 82 valence electrons. The topological polar surface area (TPSA) is 43.7 Å². The highest BCUT2D eigenvalue weighted by Gasteiger charge is 2.18. The van der Waals surface area contributed by atoms with Crippen LogP contribution in [0.2, 0.25) is 0 Å². The van der Waals surface area contributed by atoms with Gasteiger partial charge >= 0.3 is 0 Å². The minimum Gasteiger partial charge on any atom is -0.393 e. The van der Waals surface area contributed by atoms with Crippen molar-refractivity contribution in [3.63, 3.8) is 0 Å². The Balaban J connectivity index is 2.15. The van der Waals surface area contributed by atoms with E-state index in [9.17, 15) is 10.2 Å². The number of rotatable bonds is 2. The molecule has 1 aliphatic rings. The molecule has 1 aliphatic heterocycles. The van der Waals surface area contributed by atoms with E-state index >= 15 is 0 Å². The summed E-state index contributed by atoms with van der Waals surface area (Å²) in [6, 6.07) is 7.90. The minimum atomic E-state index is -0.150. The molecule has 0 amide bonds. The minimum absolute atomic E-state index is 0.0786. The first-order chi connectivity index (χ1) is 7.31. The van der Waals surface area contributed by atoms with Gasteiger partial charge in [-0.2, -0.15) is 0 Å². The first kappa shape index (κ1) is 10.5. The van der Waals surface area contributed by atoms with Gasteiger partial charge in [-0.05, 0) is 18.9 Å². The molecule has 0 radical (unpaired) electrons. The van der Waals surface area contributed by atoms with Crippen molar-refractivity contribution >= 4 is 5.69 Å². The maximum atomic E-state index is 9.42. The van der Waals surface area contributed by atoms with Gasteiger partial charge in [0.1, 0.15) is 0 Å². The van der Waals surface area contributed by atoms with Crippen LogP contribution in [-0.2, 0) is 6.61 Å². The van der Waals surface area contributed by atoms with Crippen LogP contribution in [0, 0.1) is 0 Å². The molecule has 0 atom stereocenters. The molecule has 3 heteroatoms. The van der Waals surface area contributed by atoms with Gasteiger partial charge in [0.25, 0.3) is 0 Å². The fourth-order valence-electron chi connectivity index (χ4n) is 2.06. The van der Waals surface area contributed by atoms with E-state index in [4.69, 9.17) is 0 Å². The summed E-state index contributed by atoms with van der Waals surface area (Å²) in [4.78, 5) is 2.23. The van der Waals surface area contributed by atoms with E-state index < -0.39 is 0 Å². The van der Waals surface area contributed by atoms with E-state index in [2.05, 4.69) is 4.90 Å². The molecule has 1 saturated heterocycles. The van der Waals surface area contributed by atoms with E-state index in [1.807, 2.05) is 24.3 Å². The third-order valence-electron chi connectivity index (χ3n) is 2.97. The van der Waals surface area contributed by atoms with E-state index in [1.54, 1.807) is 0 Å². The van der Waals surface area contributed by atoms with Crippen molar-refractivity contribution in [2.24, 2.45) is 0 Å². The molecule has 1 aromatic rings. The van der Waals surface area contributed by atoms with Crippen molar-refractivity contribution in [3.05, 3.63) is 29.8 Å². The maximum absolute atomic E-state index is 9.42. The standard InChI is InChI=1S/C12H17NO2/c14-9-10-3-1-2-4-12(10)13-7-5-11(15)6-8-13/h1-4,11,14-15H,5-9H2. The van der Waals surface area contributed by atoms with Gasteiger partial charge in [0.05, 0.1) is 12.7 Å². The highest BCUT2D eigenvalue weighted by atomic mass is 16.3. The molecule has 0 aliphatic carbocycles. The van der Waals surface area contributed by atoms with Crippen LogP contribution in [0.15, 0.2) is 24.3 Å². The van der Waals surface area contributed by atoms with Crippen molar-refractivity contribution in [1.29, 1.82) is 0 Å². The normalized spacial score (nSPS) is 18.1. The van der Waals surface area contributed by atoms with Gasteiger partial charge in [0, 0.05) is 24.3 Å². The van der Waals surface area contributed by atoms with Crippen molar-refractivity contribution in [3.8, 4) is 0 Å². The Kier molecular flexibility index (Phi) is 3.23. The van der Waals surface area contributed by atoms with Gasteiger partial charge in [0.15, 0.2) is 0 Å². The SMILES string of the molecule is OCc1ccccc1N1CCC(O)CC1. The third kappa shape index (κ3) is 2.30. The molecule has 0 bridgehead atoms. The van der Waals surface area contributed by atoms with Gasteiger partial charge in [-0.15, -0.1) is 0 Å². The van der Waals surface area contributed by atoms with Gasteiger partial charge in [-0.25, -0.2) is 0 Å². The molecular weight excluding hydrogens is 190 g/mol. The number of para-hydroxylation sites is 1. The second kappa shape index (κ2) is 4.64. The Morgan fingerprint density at radius 2 is 1.87 bits per heavy atom. The number of anilines is 1. The maximum Gasteiger partial charge on any atom is 0.0702 e. The summed E-state index contributed by atoms with van der Waals surface area (Å²) in [7, 11) is 0. The quantitative estimate of drug-likeness (QED) is 0.764. The van der Waals surface area contributed by atoms with Crippen LogP contribution in [0.1, 0.15) is 18.4 Å². The first-order valence-electron chi connectivity index (χ1n) is 5.43. The Hall–Kier alpha value is -1.06. The molecule has 2 N–H and O–H groups in total. The van der Waals surface area contributed by atoms with Crippen LogP contribution < -0.4 is 4.90 Å². The summed E-state index contributed by atoms with van der Waals surface area (Å²) in [5.41, 5.74) is 2.07. The van der Waals surface area contributed by atoms with Gasteiger partial charge in [-0.1, -0.05) is 18.2 Å². The lowest BCUT2D eigenvalue weighted by Crippen LogP contribution is -2.36. The molecule has 0 spiro atoms. The number of hydrogen-bond donors (Lipinski definition) is 2. The van der Waals surface area contributed by atoms with Crippen LogP contribution in [0.5, 0.6) is 0 Å². The molecule has 1 aromatic carbocycles. The summed E-state index contributed by atoms with van der Waals surface area (Å²) >= 11 is 0. The smallest absolute Gasteiger partial charge is 0.0702 e.